The molecule has 140 valence electrons. The van der Waals surface area contributed by atoms with E-state index in [1.807, 2.05) is 35.0 Å². The van der Waals surface area contributed by atoms with Gasteiger partial charge in [0.1, 0.15) is 5.56 Å². The summed E-state index contributed by atoms with van der Waals surface area (Å²) in [6.07, 6.45) is 6.82. The highest BCUT2D eigenvalue weighted by molar-refractivity contribution is 6.35. The zero-order valence-corrected chi connectivity index (χ0v) is 15.6. The van der Waals surface area contributed by atoms with Crippen LogP contribution in [0.4, 0.5) is 0 Å². The third kappa shape index (κ3) is 3.68. The number of aromatic amines is 1. The molecule has 0 fully saturated rings. The third-order valence-corrected chi connectivity index (χ3v) is 4.82. The summed E-state index contributed by atoms with van der Waals surface area (Å²) in [5.74, 6) is -0.425. The zero-order valence-electron chi connectivity index (χ0n) is 14.9. The summed E-state index contributed by atoms with van der Waals surface area (Å²) < 4.78 is 1.98. The second-order valence-corrected chi connectivity index (χ2v) is 6.84. The number of carbonyl (C=O) groups excluding carboxylic acids is 1. The second kappa shape index (κ2) is 7.70. The number of halogens is 1. The molecule has 0 aliphatic heterocycles. The van der Waals surface area contributed by atoms with Crippen LogP contribution in [0.25, 0.3) is 10.9 Å². The van der Waals surface area contributed by atoms with E-state index in [0.29, 0.717) is 22.5 Å². The van der Waals surface area contributed by atoms with Crippen LogP contribution in [0.15, 0.2) is 72.2 Å². The Kier molecular flexibility index (Phi) is 4.95. The zero-order chi connectivity index (χ0) is 19.5. The fourth-order valence-corrected chi connectivity index (χ4v) is 3.24. The van der Waals surface area contributed by atoms with E-state index in [2.05, 4.69) is 15.3 Å². The average Bonchev–Trinajstić information content (AvgIpc) is 3.21. The number of hydrogen-bond acceptors (Lipinski definition) is 3. The molecule has 2 aromatic heterocycles. The molecule has 28 heavy (non-hydrogen) atoms. The predicted octanol–water partition coefficient (Wildman–Crippen LogP) is 3.36. The van der Waals surface area contributed by atoms with Crippen LogP contribution < -0.4 is 10.7 Å². The first-order valence-corrected chi connectivity index (χ1v) is 9.11. The number of para-hydroxylation sites is 1. The smallest absolute Gasteiger partial charge is 0.257 e. The van der Waals surface area contributed by atoms with Gasteiger partial charge in [-0.25, -0.2) is 4.98 Å². The van der Waals surface area contributed by atoms with Gasteiger partial charge < -0.3 is 14.9 Å². The molecule has 6 nitrogen and oxygen atoms in total. The molecule has 0 saturated carbocycles. The first-order valence-electron chi connectivity index (χ1n) is 8.73. The van der Waals surface area contributed by atoms with Crippen LogP contribution in [0.1, 0.15) is 21.5 Å². The maximum atomic E-state index is 12.6. The fraction of sp³-hybridized carbons (Fsp3) is 0.0952. The molecule has 0 aliphatic carbocycles. The minimum absolute atomic E-state index is 0.0616. The fourth-order valence-electron chi connectivity index (χ4n) is 3.01. The van der Waals surface area contributed by atoms with E-state index in [0.717, 1.165) is 17.7 Å². The van der Waals surface area contributed by atoms with Crippen LogP contribution in [0.3, 0.4) is 0 Å². The van der Waals surface area contributed by atoms with E-state index in [4.69, 9.17) is 11.6 Å². The van der Waals surface area contributed by atoms with Gasteiger partial charge in [-0.15, -0.1) is 0 Å². The number of nitrogens with one attached hydrogen (secondary N) is 2. The van der Waals surface area contributed by atoms with Crippen molar-refractivity contribution in [2.24, 2.45) is 0 Å². The van der Waals surface area contributed by atoms with Crippen molar-refractivity contribution >= 4 is 28.4 Å². The summed E-state index contributed by atoms with van der Waals surface area (Å²) in [5, 5.41) is 3.63. The van der Waals surface area contributed by atoms with Crippen molar-refractivity contribution in [3.8, 4) is 0 Å². The summed E-state index contributed by atoms with van der Waals surface area (Å²) in [6, 6.07) is 12.9. The van der Waals surface area contributed by atoms with Crippen LogP contribution in [0.2, 0.25) is 5.02 Å². The average molecular weight is 393 g/mol. The van der Waals surface area contributed by atoms with Crippen molar-refractivity contribution < 1.29 is 4.79 Å². The number of imidazole rings is 1. The number of fused-ring (bicyclic) bond motifs is 1. The Morgan fingerprint density at radius 2 is 1.93 bits per heavy atom. The van der Waals surface area contributed by atoms with Crippen LogP contribution in [0.5, 0.6) is 0 Å². The van der Waals surface area contributed by atoms with Crippen LogP contribution in [-0.2, 0) is 13.1 Å². The van der Waals surface area contributed by atoms with Crippen LogP contribution >= 0.6 is 11.6 Å². The number of amides is 1. The molecule has 1 amide bonds. The molecule has 0 bridgehead atoms. The van der Waals surface area contributed by atoms with Gasteiger partial charge in [-0.05, 0) is 23.3 Å². The molecule has 0 aliphatic rings. The van der Waals surface area contributed by atoms with Gasteiger partial charge in [0.05, 0.1) is 16.9 Å². The van der Waals surface area contributed by atoms with Gasteiger partial charge in [-0.1, -0.05) is 41.9 Å². The molecule has 4 aromatic rings. The highest BCUT2D eigenvalue weighted by Gasteiger charge is 2.13. The molecule has 2 N–H and O–H groups in total. The van der Waals surface area contributed by atoms with Gasteiger partial charge in [-0.2, -0.15) is 0 Å². The van der Waals surface area contributed by atoms with Crippen molar-refractivity contribution in [2.45, 2.75) is 13.1 Å². The Hall–Kier alpha value is -3.38. The summed E-state index contributed by atoms with van der Waals surface area (Å²) in [7, 11) is 0. The maximum Gasteiger partial charge on any atom is 0.257 e. The molecule has 2 heterocycles. The van der Waals surface area contributed by atoms with Gasteiger partial charge in [0.15, 0.2) is 0 Å². The van der Waals surface area contributed by atoms with E-state index in [-0.39, 0.29) is 11.0 Å². The number of pyridine rings is 1. The molecule has 0 unspecified atom stereocenters. The largest absolute Gasteiger partial charge is 0.359 e. The predicted molar refractivity (Wildman–Crippen MR) is 109 cm³/mol. The summed E-state index contributed by atoms with van der Waals surface area (Å²) in [6.45, 7) is 1.07. The standard InChI is InChI=1S/C21H17ClN4O2/c22-18-3-1-2-16-19(18)24-11-17(20(16)27)21(28)25-10-14-4-6-15(7-5-14)12-26-9-8-23-13-26/h1-9,11,13H,10,12H2,(H,24,27)(H,25,28). The van der Waals surface area contributed by atoms with E-state index >= 15 is 0 Å². The van der Waals surface area contributed by atoms with Gasteiger partial charge in [0, 0.05) is 37.1 Å². The molecule has 2 aromatic carbocycles. The minimum Gasteiger partial charge on any atom is -0.359 e. The number of benzene rings is 2. The molecular formula is C21H17ClN4O2. The number of H-pyrrole nitrogens is 1. The van der Waals surface area contributed by atoms with E-state index in [1.165, 1.54) is 6.20 Å². The van der Waals surface area contributed by atoms with Crippen molar-refractivity contribution in [3.63, 3.8) is 0 Å². The van der Waals surface area contributed by atoms with E-state index in [1.54, 1.807) is 30.7 Å². The maximum absolute atomic E-state index is 12.6. The Morgan fingerprint density at radius 1 is 1.14 bits per heavy atom. The number of carbonyl (C=O) groups is 1. The lowest BCUT2D eigenvalue weighted by atomic mass is 10.1. The Morgan fingerprint density at radius 3 is 2.68 bits per heavy atom. The lowest BCUT2D eigenvalue weighted by molar-refractivity contribution is 0.0949. The normalized spacial score (nSPS) is 10.9. The minimum atomic E-state index is -0.425. The van der Waals surface area contributed by atoms with Gasteiger partial charge in [0.25, 0.3) is 5.91 Å². The van der Waals surface area contributed by atoms with Crippen molar-refractivity contribution in [2.75, 3.05) is 0 Å². The number of hydrogen-bond donors (Lipinski definition) is 2. The van der Waals surface area contributed by atoms with Crippen molar-refractivity contribution in [1.82, 2.24) is 19.9 Å². The van der Waals surface area contributed by atoms with E-state index in [9.17, 15) is 9.59 Å². The van der Waals surface area contributed by atoms with Gasteiger partial charge in [0.2, 0.25) is 5.43 Å². The van der Waals surface area contributed by atoms with Crippen molar-refractivity contribution in [1.29, 1.82) is 0 Å². The highest BCUT2D eigenvalue weighted by atomic mass is 35.5. The van der Waals surface area contributed by atoms with Crippen LogP contribution in [-0.4, -0.2) is 20.4 Å². The Balaban J connectivity index is 1.45. The first-order chi connectivity index (χ1) is 13.6. The monoisotopic (exact) mass is 392 g/mol. The van der Waals surface area contributed by atoms with E-state index < -0.39 is 5.91 Å². The summed E-state index contributed by atoms with van der Waals surface area (Å²) >= 11 is 6.08. The first kappa shape index (κ1) is 18.0. The number of rotatable bonds is 5. The second-order valence-electron chi connectivity index (χ2n) is 6.43. The van der Waals surface area contributed by atoms with Gasteiger partial charge in [-0.3, -0.25) is 9.59 Å². The lowest BCUT2D eigenvalue weighted by Gasteiger charge is -2.08. The highest BCUT2D eigenvalue weighted by Crippen LogP contribution is 2.18. The number of aromatic nitrogens is 3. The Bertz CT molecular complexity index is 1180. The SMILES string of the molecule is O=C(NCc1ccc(Cn2ccnc2)cc1)c1c[nH]c2c(Cl)cccc2c1=O. The molecule has 7 heteroatoms. The molecular weight excluding hydrogens is 376 g/mol. The topological polar surface area (TPSA) is 79.8 Å². The molecule has 0 atom stereocenters. The number of nitrogens with zero attached hydrogens (tertiary/aromatic N) is 2. The Labute approximate surface area is 165 Å². The molecule has 4 rings (SSSR count). The van der Waals surface area contributed by atoms with Crippen LogP contribution in [0, 0.1) is 0 Å². The molecule has 0 radical (unpaired) electrons. The third-order valence-electron chi connectivity index (χ3n) is 4.51. The summed E-state index contributed by atoms with van der Waals surface area (Å²) in [4.78, 5) is 32.0. The quantitative estimate of drug-likeness (QED) is 0.546. The molecule has 0 spiro atoms. The van der Waals surface area contributed by atoms with Gasteiger partial charge >= 0.3 is 0 Å². The lowest BCUT2D eigenvalue weighted by Crippen LogP contribution is -2.28. The van der Waals surface area contributed by atoms with Crippen molar-refractivity contribution in [3.05, 3.63) is 99.3 Å². The molecule has 0 saturated heterocycles. The summed E-state index contributed by atoms with van der Waals surface area (Å²) in [5.41, 5.74) is 2.33.